The van der Waals surface area contributed by atoms with Crippen LogP contribution in [-0.4, -0.2) is 39.0 Å². The molecule has 1 amide bonds. The highest BCUT2D eigenvalue weighted by atomic mass is 16.5. The Morgan fingerprint density at radius 1 is 1.22 bits per heavy atom. The van der Waals surface area contributed by atoms with Crippen LogP contribution in [-0.2, 0) is 10.5 Å². The van der Waals surface area contributed by atoms with E-state index in [1.807, 2.05) is 45.9 Å². The number of hydrogen-bond donors (Lipinski definition) is 1. The lowest BCUT2D eigenvalue weighted by molar-refractivity contribution is -0.172. The summed E-state index contributed by atoms with van der Waals surface area (Å²) in [7, 11) is 0. The van der Waals surface area contributed by atoms with Crippen molar-refractivity contribution in [2.45, 2.75) is 70.7 Å². The zero-order valence-electron chi connectivity index (χ0n) is 21.4. The van der Waals surface area contributed by atoms with E-state index >= 15 is 0 Å². The van der Waals surface area contributed by atoms with Gasteiger partial charge in [-0.3, -0.25) is 4.79 Å². The molecule has 2 bridgehead atoms. The van der Waals surface area contributed by atoms with Crippen molar-refractivity contribution in [1.82, 2.24) is 14.9 Å². The topological polar surface area (TPSA) is 124 Å². The molecule has 37 heavy (non-hydrogen) atoms. The third-order valence-electron chi connectivity index (χ3n) is 8.26. The molecule has 0 spiro atoms. The summed E-state index contributed by atoms with van der Waals surface area (Å²) < 4.78 is 12.7. The molecule has 2 aromatic rings. The molecular formula is C28H28N6O3. The van der Waals surface area contributed by atoms with E-state index in [2.05, 4.69) is 16.4 Å². The predicted octanol–water partition coefficient (Wildman–Crippen LogP) is 4.72. The van der Waals surface area contributed by atoms with E-state index in [0.717, 1.165) is 42.4 Å². The predicted molar refractivity (Wildman–Crippen MR) is 134 cm³/mol. The van der Waals surface area contributed by atoms with Crippen LogP contribution in [0.2, 0.25) is 0 Å². The van der Waals surface area contributed by atoms with E-state index in [1.165, 1.54) is 6.08 Å². The number of ether oxygens (including phenoxy) is 2. The molecule has 7 rings (SSSR count). The van der Waals surface area contributed by atoms with E-state index < -0.39 is 5.72 Å². The quantitative estimate of drug-likeness (QED) is 0.590. The zero-order valence-corrected chi connectivity index (χ0v) is 21.4. The molecule has 1 saturated heterocycles. The van der Waals surface area contributed by atoms with Crippen LogP contribution in [0.4, 0.5) is 5.95 Å². The Hall–Kier alpha value is -3.95. The maximum absolute atomic E-state index is 13.6. The maximum atomic E-state index is 13.6. The molecule has 3 heterocycles. The van der Waals surface area contributed by atoms with Gasteiger partial charge < -0.3 is 19.7 Å². The first-order valence-corrected chi connectivity index (χ1v) is 12.6. The Kier molecular flexibility index (Phi) is 4.93. The van der Waals surface area contributed by atoms with Crippen LogP contribution in [0.15, 0.2) is 18.2 Å². The number of rotatable bonds is 5. The van der Waals surface area contributed by atoms with Gasteiger partial charge in [0.1, 0.15) is 11.4 Å². The summed E-state index contributed by atoms with van der Waals surface area (Å²) in [4.78, 5) is 24.8. The number of aryl methyl sites for hydroxylation is 2. The summed E-state index contributed by atoms with van der Waals surface area (Å²) in [5.41, 5.74) is 2.00. The number of nitrogens with zero attached hydrogens (tertiary/aromatic N) is 5. The lowest BCUT2D eigenvalue weighted by Gasteiger charge is -2.66. The van der Waals surface area contributed by atoms with E-state index in [0.29, 0.717) is 23.9 Å². The van der Waals surface area contributed by atoms with Crippen LogP contribution in [0, 0.1) is 41.9 Å². The largest absolute Gasteiger partial charge is 0.438 e. The van der Waals surface area contributed by atoms with Gasteiger partial charge in [0.05, 0.1) is 29.7 Å². The number of anilines is 1. The minimum atomic E-state index is -1.03. The minimum Gasteiger partial charge on any atom is -0.438 e. The van der Waals surface area contributed by atoms with E-state index in [9.17, 15) is 10.1 Å². The van der Waals surface area contributed by atoms with Gasteiger partial charge in [0.15, 0.2) is 5.72 Å². The highest BCUT2D eigenvalue weighted by molar-refractivity contribution is 5.99. The molecule has 1 aromatic carbocycles. The van der Waals surface area contributed by atoms with Crippen molar-refractivity contribution in [2.24, 2.45) is 5.41 Å². The Labute approximate surface area is 215 Å². The molecule has 188 valence electrons. The second-order valence-electron chi connectivity index (χ2n) is 11.1. The van der Waals surface area contributed by atoms with Crippen molar-refractivity contribution >= 4 is 17.9 Å². The van der Waals surface area contributed by atoms with Gasteiger partial charge in [-0.25, -0.2) is 4.98 Å². The summed E-state index contributed by atoms with van der Waals surface area (Å²) in [6, 6.07) is 8.30. The molecule has 1 unspecified atom stereocenters. The van der Waals surface area contributed by atoms with Gasteiger partial charge in [-0.05, 0) is 88.3 Å². The zero-order chi connectivity index (χ0) is 26.2. The first kappa shape index (κ1) is 23.4. The van der Waals surface area contributed by atoms with Gasteiger partial charge in [-0.1, -0.05) is 0 Å². The molecule has 3 aliphatic carbocycles. The number of amides is 1. The highest BCUT2D eigenvalue weighted by Gasteiger charge is 2.69. The molecule has 3 saturated carbocycles. The van der Waals surface area contributed by atoms with Crippen molar-refractivity contribution in [3.05, 3.63) is 46.2 Å². The van der Waals surface area contributed by atoms with E-state index in [-0.39, 0.29) is 34.5 Å². The van der Waals surface area contributed by atoms with Gasteiger partial charge in [-0.15, -0.1) is 0 Å². The van der Waals surface area contributed by atoms with Crippen LogP contribution in [0.25, 0.3) is 6.08 Å². The molecule has 9 heteroatoms. The molecule has 1 N–H and O–H groups in total. The van der Waals surface area contributed by atoms with Gasteiger partial charge in [0, 0.05) is 17.7 Å². The Morgan fingerprint density at radius 3 is 2.57 bits per heavy atom. The number of nitrogens with one attached hydrogen (secondary N) is 1. The average molecular weight is 497 g/mol. The van der Waals surface area contributed by atoms with Crippen LogP contribution < -0.4 is 10.1 Å². The number of carbonyl (C=O) groups is 1. The highest BCUT2D eigenvalue weighted by Crippen LogP contribution is 2.67. The van der Waals surface area contributed by atoms with Crippen molar-refractivity contribution in [3.63, 3.8) is 0 Å². The molecule has 2 aliphatic heterocycles. The number of allylic oxidation sites excluding steroid dienone is 1. The Morgan fingerprint density at radius 2 is 1.92 bits per heavy atom. The minimum absolute atomic E-state index is 0.0208. The number of aromatic nitrogens is 2. The summed E-state index contributed by atoms with van der Waals surface area (Å²) in [5, 5.41) is 21.7. The van der Waals surface area contributed by atoms with Crippen molar-refractivity contribution < 1.29 is 14.3 Å². The fourth-order valence-corrected chi connectivity index (χ4v) is 6.64. The van der Waals surface area contributed by atoms with Crippen molar-refractivity contribution in [1.29, 1.82) is 10.5 Å². The molecule has 9 nitrogen and oxygen atoms in total. The molecule has 4 fully saturated rings. The number of nitriles is 2. The van der Waals surface area contributed by atoms with Gasteiger partial charge in [0.25, 0.3) is 5.91 Å². The molecule has 1 aromatic heterocycles. The summed E-state index contributed by atoms with van der Waals surface area (Å²) >= 11 is 0. The Bertz CT molecular complexity index is 1420. The monoisotopic (exact) mass is 496 g/mol. The third-order valence-corrected chi connectivity index (χ3v) is 8.26. The first-order chi connectivity index (χ1) is 17.6. The lowest BCUT2D eigenvalue weighted by Crippen LogP contribution is -2.70. The first-order valence-electron chi connectivity index (χ1n) is 12.6. The molecular weight excluding hydrogens is 468 g/mol. The second-order valence-corrected chi connectivity index (χ2v) is 11.1. The number of benzene rings is 1. The lowest BCUT2D eigenvalue weighted by atomic mass is 9.40. The Balaban J connectivity index is 1.44. The van der Waals surface area contributed by atoms with Crippen LogP contribution in [0.3, 0.4) is 0 Å². The number of carbonyl (C=O) groups excluding carboxylic acids is 1. The fraction of sp³-hybridized carbons (Fsp3) is 0.464. The van der Waals surface area contributed by atoms with Gasteiger partial charge >= 0.3 is 0 Å². The summed E-state index contributed by atoms with van der Waals surface area (Å²) in [5.74, 6) is 1.05. The van der Waals surface area contributed by atoms with Crippen molar-refractivity contribution in [2.75, 3.05) is 11.9 Å². The summed E-state index contributed by atoms with van der Waals surface area (Å²) in [6.45, 7) is 8.28. The number of fused-ring (bicyclic) bond motifs is 3. The van der Waals surface area contributed by atoms with Crippen LogP contribution in [0.1, 0.15) is 72.3 Å². The van der Waals surface area contributed by atoms with Crippen LogP contribution in [0.5, 0.6) is 11.6 Å². The smallest absolute Gasteiger partial charge is 0.276 e. The van der Waals surface area contributed by atoms with Gasteiger partial charge in [0.2, 0.25) is 11.8 Å². The normalized spacial score (nSPS) is 31.0. The van der Waals surface area contributed by atoms with Crippen molar-refractivity contribution in [3.8, 4) is 23.8 Å². The number of hydrogen-bond acceptors (Lipinski definition) is 8. The SMILES string of the molecule is Cc1cc(/C=C/C#N)cc(C)c1Oc1nc(NC23CC(C#N)(C2)C3)nc2c1C1(C)OCC[C@@H](C)N1C2=O. The van der Waals surface area contributed by atoms with E-state index in [1.54, 1.807) is 11.0 Å². The molecule has 5 aliphatic rings. The summed E-state index contributed by atoms with van der Waals surface area (Å²) in [6.07, 6.45) is 6.18. The van der Waals surface area contributed by atoms with Gasteiger partial charge in [-0.2, -0.15) is 15.5 Å². The molecule has 2 atom stereocenters. The fourth-order valence-electron chi connectivity index (χ4n) is 6.64. The van der Waals surface area contributed by atoms with E-state index in [4.69, 9.17) is 19.7 Å². The van der Waals surface area contributed by atoms with Crippen LogP contribution >= 0.6 is 0 Å². The standard InChI is InChI=1S/C28H28N6O3/c1-16-10-19(6-5-8-29)11-17(2)22(16)37-23-20-21(24(35)34-18(3)7-9-36-26(20,34)4)31-25(32-23)33-28-12-27(13-28,14-28)15-30/h5-6,10-11,18H,7,9,12-14H2,1-4H3,(H,31,32,33)/b6-5+/t18-,26?,27?,28?/m1/s1. The second kappa shape index (κ2) is 7.77. The molecule has 0 radical (unpaired) electrons. The average Bonchev–Trinajstić information content (AvgIpc) is 3.04. The third kappa shape index (κ3) is 3.34. The maximum Gasteiger partial charge on any atom is 0.276 e.